The average molecular weight is 357 g/mol. The Hall–Kier alpha value is -0.560. The van der Waals surface area contributed by atoms with Crippen LogP contribution in [0.3, 0.4) is 0 Å². The van der Waals surface area contributed by atoms with Crippen molar-refractivity contribution in [1.82, 2.24) is 0 Å². The molecule has 0 saturated heterocycles. The summed E-state index contributed by atoms with van der Waals surface area (Å²) in [6.45, 7) is 0. The Bertz CT molecular complexity index is 504. The molecule has 2 rings (SSSR count). The Balaban J connectivity index is 2.28. The summed E-state index contributed by atoms with van der Waals surface area (Å²) in [5.41, 5.74) is 0.108. The molecule has 2 nitrogen and oxygen atoms in total. The quantitative estimate of drug-likeness (QED) is 0.772. The maximum absolute atomic E-state index is 10.7. The van der Waals surface area contributed by atoms with Crippen LogP contribution < -0.4 is 0 Å². The molecule has 4 heteroatoms. The van der Waals surface area contributed by atoms with Crippen LogP contribution in [0.2, 0.25) is 5.02 Å². The van der Waals surface area contributed by atoms with Crippen molar-refractivity contribution >= 4 is 27.5 Å². The second kappa shape index (κ2) is 6.93. The molecule has 0 spiro atoms. The normalized spacial score (nSPS) is 20.5. The highest BCUT2D eigenvalue weighted by molar-refractivity contribution is 9.10. The highest BCUT2D eigenvalue weighted by atomic mass is 79.9. The van der Waals surface area contributed by atoms with Crippen LogP contribution in [0, 0.1) is 16.7 Å². The van der Waals surface area contributed by atoms with Gasteiger partial charge in [-0.3, -0.25) is 0 Å². The lowest BCUT2D eigenvalue weighted by Gasteiger charge is -2.33. The molecule has 1 unspecified atom stereocenters. The zero-order valence-corrected chi connectivity index (χ0v) is 13.8. The molecular weight excluding hydrogens is 338 g/mol. The first-order chi connectivity index (χ1) is 9.59. The lowest BCUT2D eigenvalue weighted by atomic mass is 9.71. The van der Waals surface area contributed by atoms with E-state index in [1.165, 1.54) is 6.42 Å². The van der Waals surface area contributed by atoms with Gasteiger partial charge in [0.15, 0.2) is 0 Å². The molecule has 1 N–H and O–H groups in total. The second-order valence-electron chi connectivity index (χ2n) is 5.61. The average Bonchev–Trinajstić information content (AvgIpc) is 2.42. The molecule has 1 aliphatic rings. The van der Waals surface area contributed by atoms with E-state index in [1.807, 2.05) is 12.1 Å². The van der Waals surface area contributed by atoms with E-state index in [4.69, 9.17) is 11.6 Å². The van der Waals surface area contributed by atoms with E-state index >= 15 is 0 Å². The highest BCUT2D eigenvalue weighted by Crippen LogP contribution is 2.44. The largest absolute Gasteiger partial charge is 0.387 e. The summed E-state index contributed by atoms with van der Waals surface area (Å²) in [4.78, 5) is 0. The molecule has 0 bridgehead atoms. The number of rotatable bonds is 2. The predicted molar refractivity (Wildman–Crippen MR) is 84.5 cm³/mol. The van der Waals surface area contributed by atoms with Gasteiger partial charge in [0.25, 0.3) is 0 Å². The van der Waals surface area contributed by atoms with E-state index in [0.29, 0.717) is 5.02 Å². The van der Waals surface area contributed by atoms with Crippen LogP contribution in [-0.4, -0.2) is 5.11 Å². The molecule has 0 aromatic heterocycles. The number of hydrogen-bond donors (Lipinski definition) is 1. The van der Waals surface area contributed by atoms with Crippen molar-refractivity contribution in [2.75, 3.05) is 0 Å². The lowest BCUT2D eigenvalue weighted by molar-refractivity contribution is 0.0434. The maximum atomic E-state index is 10.7. The number of halogens is 2. The first-order valence-electron chi connectivity index (χ1n) is 7.13. The third kappa shape index (κ3) is 3.36. The van der Waals surface area contributed by atoms with Gasteiger partial charge in [0.05, 0.1) is 22.6 Å². The number of benzene rings is 1. The molecule has 1 saturated carbocycles. The lowest BCUT2D eigenvalue weighted by Crippen LogP contribution is -2.28. The minimum atomic E-state index is -0.751. The number of nitriles is 1. The van der Waals surface area contributed by atoms with Gasteiger partial charge < -0.3 is 5.11 Å². The van der Waals surface area contributed by atoms with Crippen molar-refractivity contribution in [1.29, 1.82) is 5.26 Å². The first-order valence-corrected chi connectivity index (χ1v) is 8.30. The van der Waals surface area contributed by atoms with Gasteiger partial charge in [0.1, 0.15) is 0 Å². The van der Waals surface area contributed by atoms with Crippen molar-refractivity contribution in [3.63, 3.8) is 0 Å². The molecule has 1 aromatic rings. The summed E-state index contributed by atoms with van der Waals surface area (Å²) in [6, 6.07) is 7.82. The zero-order valence-electron chi connectivity index (χ0n) is 11.4. The van der Waals surface area contributed by atoms with Crippen LogP contribution in [0.15, 0.2) is 22.7 Å². The van der Waals surface area contributed by atoms with E-state index in [9.17, 15) is 10.4 Å². The molecule has 20 heavy (non-hydrogen) atoms. The molecule has 1 atom stereocenters. The summed E-state index contributed by atoms with van der Waals surface area (Å²) in [6.07, 6.45) is 6.36. The Kier molecular flexibility index (Phi) is 5.49. The number of nitrogens with zero attached hydrogens (tertiary/aromatic N) is 1. The fourth-order valence-electron chi connectivity index (χ4n) is 2.98. The third-order valence-electron chi connectivity index (χ3n) is 4.25. The molecular formula is C16H19BrClNO. The van der Waals surface area contributed by atoms with E-state index in [1.54, 1.807) is 6.07 Å². The number of aliphatic hydroxyl groups is 1. The van der Waals surface area contributed by atoms with Gasteiger partial charge in [-0.1, -0.05) is 49.8 Å². The Morgan fingerprint density at radius 3 is 2.35 bits per heavy atom. The highest BCUT2D eigenvalue weighted by Gasteiger charge is 2.38. The van der Waals surface area contributed by atoms with Gasteiger partial charge >= 0.3 is 0 Å². The Morgan fingerprint density at radius 2 is 1.80 bits per heavy atom. The Labute approximate surface area is 133 Å². The molecule has 108 valence electrons. The van der Waals surface area contributed by atoms with Gasteiger partial charge in [0, 0.05) is 4.47 Å². The van der Waals surface area contributed by atoms with E-state index in [2.05, 4.69) is 22.0 Å². The van der Waals surface area contributed by atoms with Gasteiger partial charge in [-0.2, -0.15) is 5.26 Å². The third-order valence-corrected chi connectivity index (χ3v) is 5.47. The zero-order chi connectivity index (χ0) is 14.6. The SMILES string of the molecule is N#CC1(C(O)c2ccc(Cl)c(Br)c2)CCCCCCC1. The summed E-state index contributed by atoms with van der Waals surface area (Å²) in [5, 5.41) is 21.0. The van der Waals surface area contributed by atoms with Crippen LogP contribution in [0.25, 0.3) is 0 Å². The summed E-state index contributed by atoms with van der Waals surface area (Å²) in [5.74, 6) is 0. The number of aliphatic hydroxyl groups excluding tert-OH is 1. The smallest absolute Gasteiger partial charge is 0.0976 e. The minimum Gasteiger partial charge on any atom is -0.387 e. The van der Waals surface area contributed by atoms with Crippen molar-refractivity contribution in [2.24, 2.45) is 5.41 Å². The van der Waals surface area contributed by atoms with Crippen LogP contribution in [0.5, 0.6) is 0 Å². The Morgan fingerprint density at radius 1 is 1.20 bits per heavy atom. The van der Waals surface area contributed by atoms with Crippen LogP contribution in [0.1, 0.15) is 56.6 Å². The molecule has 1 fully saturated rings. The fraction of sp³-hybridized carbons (Fsp3) is 0.562. The van der Waals surface area contributed by atoms with Crippen LogP contribution >= 0.6 is 27.5 Å². The number of hydrogen-bond acceptors (Lipinski definition) is 2. The predicted octanol–water partition coefficient (Wildman–Crippen LogP) is 5.39. The van der Waals surface area contributed by atoms with Crippen molar-refractivity contribution < 1.29 is 5.11 Å². The van der Waals surface area contributed by atoms with Crippen molar-refractivity contribution in [3.05, 3.63) is 33.3 Å². The topological polar surface area (TPSA) is 44.0 Å². The van der Waals surface area contributed by atoms with Crippen LogP contribution in [-0.2, 0) is 0 Å². The molecule has 1 aliphatic carbocycles. The first kappa shape index (κ1) is 15.8. The molecule has 0 heterocycles. The van der Waals surface area contributed by atoms with E-state index in [0.717, 1.165) is 48.6 Å². The van der Waals surface area contributed by atoms with Gasteiger partial charge in [0.2, 0.25) is 0 Å². The monoisotopic (exact) mass is 355 g/mol. The van der Waals surface area contributed by atoms with Crippen LogP contribution in [0.4, 0.5) is 0 Å². The van der Waals surface area contributed by atoms with E-state index < -0.39 is 11.5 Å². The fourth-order valence-corrected chi connectivity index (χ4v) is 3.50. The standard InChI is InChI=1S/C16H19BrClNO/c17-13-10-12(6-7-14(13)18)15(20)16(11-19)8-4-2-1-3-5-9-16/h6-7,10,15,20H,1-5,8-9H2. The summed E-state index contributed by atoms with van der Waals surface area (Å²) < 4.78 is 0.759. The molecule has 0 amide bonds. The van der Waals surface area contributed by atoms with Crippen molar-refractivity contribution in [2.45, 2.75) is 51.0 Å². The molecule has 0 aliphatic heterocycles. The second-order valence-corrected chi connectivity index (χ2v) is 6.87. The van der Waals surface area contributed by atoms with Gasteiger partial charge in [-0.15, -0.1) is 0 Å². The van der Waals surface area contributed by atoms with E-state index in [-0.39, 0.29) is 0 Å². The van der Waals surface area contributed by atoms with Gasteiger partial charge in [-0.25, -0.2) is 0 Å². The molecule has 1 aromatic carbocycles. The summed E-state index contributed by atoms with van der Waals surface area (Å²) in [7, 11) is 0. The van der Waals surface area contributed by atoms with Crippen molar-refractivity contribution in [3.8, 4) is 6.07 Å². The molecule has 0 radical (unpaired) electrons. The minimum absolute atomic E-state index is 0.615. The summed E-state index contributed by atoms with van der Waals surface area (Å²) >= 11 is 9.37. The van der Waals surface area contributed by atoms with Gasteiger partial charge in [-0.05, 0) is 46.5 Å². The maximum Gasteiger partial charge on any atom is 0.0976 e.